The van der Waals surface area contributed by atoms with Gasteiger partial charge in [-0.2, -0.15) is 5.26 Å². The Kier molecular flexibility index (Phi) is 18.2. The number of nitriles is 1. The lowest BCUT2D eigenvalue weighted by molar-refractivity contribution is -0.386. The quantitative estimate of drug-likeness (QED) is 0.0141. The van der Waals surface area contributed by atoms with E-state index in [0.717, 1.165) is 16.7 Å². The van der Waals surface area contributed by atoms with E-state index in [9.17, 15) is 20.2 Å². The number of hydrogen-bond donors (Lipinski definition) is 1. The lowest BCUT2D eigenvalue weighted by atomic mass is 9.80. The number of fused-ring (bicyclic) bond motifs is 1. The Morgan fingerprint density at radius 3 is 2.07 bits per heavy atom. The predicted octanol–water partition coefficient (Wildman–Crippen LogP) is 10.1. The number of amides is 1. The summed E-state index contributed by atoms with van der Waals surface area (Å²) in [5.74, 6) is 1.07. The molecule has 2 aromatic heterocycles. The van der Waals surface area contributed by atoms with Crippen LogP contribution in [-0.4, -0.2) is 99.6 Å². The first kappa shape index (κ1) is 54.0. The molecule has 0 bridgehead atoms. The van der Waals surface area contributed by atoms with Gasteiger partial charge in [0.1, 0.15) is 48.5 Å². The Balaban J connectivity index is 1.26. The van der Waals surface area contributed by atoms with Crippen LogP contribution < -0.4 is 14.8 Å². The number of anilines is 1. The number of carbonyl (C=O) groups excluding carboxylic acids is 1. The molecule has 5 aromatic carbocycles. The molecule has 19 nitrogen and oxygen atoms in total. The molecular weight excluding hydrogens is 980 g/mol. The third kappa shape index (κ3) is 12.3. The van der Waals surface area contributed by atoms with Gasteiger partial charge in [0, 0.05) is 23.7 Å². The van der Waals surface area contributed by atoms with Crippen molar-refractivity contribution in [2.45, 2.75) is 82.9 Å². The number of methoxy groups -OCH3 is 2. The van der Waals surface area contributed by atoms with E-state index in [2.05, 4.69) is 26.0 Å². The molecule has 0 saturated carbocycles. The van der Waals surface area contributed by atoms with Crippen LogP contribution in [0.3, 0.4) is 0 Å². The second-order valence-corrected chi connectivity index (χ2v) is 19.3. The zero-order chi connectivity index (χ0) is 52.9. The minimum absolute atomic E-state index is 0.0768. The van der Waals surface area contributed by atoms with Crippen LogP contribution in [0.25, 0.3) is 11.2 Å². The van der Waals surface area contributed by atoms with Crippen LogP contribution in [-0.2, 0) is 40.2 Å². The van der Waals surface area contributed by atoms with Gasteiger partial charge < -0.3 is 42.8 Å². The van der Waals surface area contributed by atoms with Crippen LogP contribution in [0.1, 0.15) is 73.0 Å². The maximum Gasteiger partial charge on any atom is 0.274 e. The minimum Gasteiger partial charge on any atom is -0.497 e. The zero-order valence-electron chi connectivity index (χ0n) is 42.4. The first-order chi connectivity index (χ1) is 36.5. The number of nitro benzene ring substituents is 1. The van der Waals surface area contributed by atoms with Crippen molar-refractivity contribution in [3.8, 4) is 17.6 Å². The molecular formula is C55H59N8O11P. The van der Waals surface area contributed by atoms with Crippen LogP contribution in [0.5, 0.6) is 11.5 Å². The molecule has 1 saturated heterocycles. The summed E-state index contributed by atoms with van der Waals surface area (Å²) in [6.07, 6.45) is -1.16. The van der Waals surface area contributed by atoms with Gasteiger partial charge in [-0.1, -0.05) is 84.9 Å². The number of para-hydroxylation sites is 1. The smallest absolute Gasteiger partial charge is 0.274 e. The fourth-order valence-corrected chi connectivity index (χ4v) is 10.8. The molecule has 5 atom stereocenters. The normalized spacial score (nSPS) is 17.1. The van der Waals surface area contributed by atoms with Crippen molar-refractivity contribution in [1.29, 1.82) is 5.26 Å². The van der Waals surface area contributed by atoms with Crippen LogP contribution in [0, 0.1) is 21.4 Å². The van der Waals surface area contributed by atoms with Crippen LogP contribution >= 0.6 is 8.53 Å². The van der Waals surface area contributed by atoms with E-state index in [0.29, 0.717) is 28.3 Å². The SMILES string of the molecule is COc1ccc(C(OC[C@@H]2O[C@H](n3cnc4c(NC(=O)c5ccccc5)ncnc43)[C@@H](OCOCc3ccccc3[N+](=O)[O-])[C@H]2OP(OCCC#N)N(C(C)C)C(C)C)(c2ccccc2)c2ccc(OC)cc2)cc1. The van der Waals surface area contributed by atoms with Gasteiger partial charge in [-0.15, -0.1) is 0 Å². The van der Waals surface area contributed by atoms with Crippen molar-refractivity contribution in [3.63, 3.8) is 0 Å². The summed E-state index contributed by atoms with van der Waals surface area (Å²) in [7, 11) is 1.27. The van der Waals surface area contributed by atoms with E-state index >= 15 is 0 Å². The van der Waals surface area contributed by atoms with Gasteiger partial charge >= 0.3 is 0 Å². The van der Waals surface area contributed by atoms with E-state index in [1.54, 1.807) is 61.3 Å². The van der Waals surface area contributed by atoms with Crippen molar-refractivity contribution in [2.24, 2.45) is 0 Å². The first-order valence-electron chi connectivity index (χ1n) is 24.3. The van der Waals surface area contributed by atoms with Crippen molar-refractivity contribution in [2.75, 3.05) is 39.5 Å². The maximum absolute atomic E-state index is 13.5. The fourth-order valence-electron chi connectivity index (χ4n) is 9.04. The summed E-state index contributed by atoms with van der Waals surface area (Å²) in [5.41, 5.74) is 2.30. The fraction of sp³-hybridized carbons (Fsp3) is 0.327. The molecule has 7 aromatic rings. The highest BCUT2D eigenvalue weighted by Gasteiger charge is 2.52. The largest absolute Gasteiger partial charge is 0.497 e. The highest BCUT2D eigenvalue weighted by atomic mass is 31.2. The Morgan fingerprint density at radius 2 is 1.45 bits per heavy atom. The number of benzene rings is 5. The Morgan fingerprint density at radius 1 is 0.840 bits per heavy atom. The monoisotopic (exact) mass is 1040 g/mol. The summed E-state index contributed by atoms with van der Waals surface area (Å²) in [4.78, 5) is 38.7. The standard InChI is InChI=1S/C55H59N8O11P/c1-37(2)62(38(3)4)75(72-31-15-30-56)74-49-47(33-71-55(41-19-11-8-12-20-41,42-22-26-44(67-5)27-23-42)43-24-28-45(68-6)29-25-43)73-54(50(49)70-36-69-32-40-18-13-14-21-46(40)63(65)66)61-35-59-48-51(57-34-58-52(48)61)60-53(64)39-16-9-7-10-17-39/h7-14,16-29,34-35,37-38,47,49-50,54H,15,31-33,36H2,1-6H3,(H,57,58,60,64)/t47-,49-,50-,54-,75?/m0/s1. The number of imidazole rings is 1. The highest BCUT2D eigenvalue weighted by molar-refractivity contribution is 7.44. The lowest BCUT2D eigenvalue weighted by Crippen LogP contribution is -2.43. The van der Waals surface area contributed by atoms with E-state index in [4.69, 9.17) is 42.5 Å². The molecule has 1 unspecified atom stereocenters. The van der Waals surface area contributed by atoms with E-state index in [1.807, 2.05) is 113 Å². The molecule has 1 aliphatic heterocycles. The zero-order valence-corrected chi connectivity index (χ0v) is 43.3. The highest BCUT2D eigenvalue weighted by Crippen LogP contribution is 2.52. The molecule has 75 heavy (non-hydrogen) atoms. The van der Waals surface area contributed by atoms with Crippen molar-refractivity contribution < 1.29 is 47.2 Å². The van der Waals surface area contributed by atoms with Crippen LogP contribution in [0.4, 0.5) is 11.5 Å². The Bertz CT molecular complexity index is 2960. The molecule has 1 amide bonds. The third-order valence-corrected chi connectivity index (χ3v) is 14.6. The number of hydrogen-bond acceptors (Lipinski definition) is 16. The molecule has 1 aliphatic rings. The molecule has 0 aliphatic carbocycles. The number of nitrogens with one attached hydrogen (secondary N) is 1. The summed E-state index contributed by atoms with van der Waals surface area (Å²) in [6.45, 7) is 7.57. The maximum atomic E-state index is 13.5. The van der Waals surface area contributed by atoms with Gasteiger partial charge in [0.2, 0.25) is 0 Å². The average molecular weight is 1040 g/mol. The lowest BCUT2D eigenvalue weighted by Gasteiger charge is -2.39. The van der Waals surface area contributed by atoms with Crippen LogP contribution in [0.15, 0.2) is 146 Å². The van der Waals surface area contributed by atoms with E-state index in [-0.39, 0.29) is 62.1 Å². The molecule has 3 heterocycles. The first-order valence-corrected chi connectivity index (χ1v) is 25.4. The van der Waals surface area contributed by atoms with E-state index in [1.165, 1.54) is 18.7 Å². The number of ether oxygens (including phenoxy) is 6. The van der Waals surface area contributed by atoms with Crippen molar-refractivity contribution in [3.05, 3.63) is 184 Å². The summed E-state index contributed by atoms with van der Waals surface area (Å²) < 4.78 is 56.3. The topological polar surface area (TPSA) is 217 Å². The second-order valence-electron chi connectivity index (χ2n) is 17.8. The van der Waals surface area contributed by atoms with Gasteiger partial charge in [0.05, 0.1) is 63.3 Å². The Hall–Kier alpha value is -7.24. The number of rotatable bonds is 25. The summed E-state index contributed by atoms with van der Waals surface area (Å²) >= 11 is 0. The number of carbonyl (C=O) groups is 1. The minimum atomic E-state index is -1.95. The van der Waals surface area contributed by atoms with E-state index < -0.39 is 49.5 Å². The average Bonchev–Trinajstić information content (AvgIpc) is 4.02. The number of nitrogens with zero attached hydrogens (tertiary/aromatic N) is 7. The molecule has 8 rings (SSSR count). The summed E-state index contributed by atoms with van der Waals surface area (Å²) in [5, 5.41) is 24.5. The molecule has 1 fully saturated rings. The second kappa shape index (κ2) is 25.3. The molecule has 0 radical (unpaired) electrons. The molecule has 20 heteroatoms. The Labute approximate surface area is 436 Å². The van der Waals surface area contributed by atoms with Crippen molar-refractivity contribution in [1.82, 2.24) is 24.2 Å². The molecule has 0 spiro atoms. The van der Waals surface area contributed by atoms with Crippen LogP contribution in [0.2, 0.25) is 0 Å². The number of aromatic nitrogens is 4. The molecule has 1 N–H and O–H groups in total. The van der Waals surface area contributed by atoms with Gasteiger partial charge in [-0.3, -0.25) is 19.5 Å². The molecule has 390 valence electrons. The van der Waals surface area contributed by atoms with Gasteiger partial charge in [-0.25, -0.2) is 19.6 Å². The van der Waals surface area contributed by atoms with Crippen molar-refractivity contribution >= 4 is 37.1 Å². The third-order valence-electron chi connectivity index (χ3n) is 12.5. The van der Waals surface area contributed by atoms with Gasteiger partial charge in [-0.05, 0) is 86.8 Å². The van der Waals surface area contributed by atoms with Gasteiger partial charge in [0.15, 0.2) is 23.2 Å². The summed E-state index contributed by atoms with van der Waals surface area (Å²) in [6, 6.07) is 42.2. The predicted molar refractivity (Wildman–Crippen MR) is 280 cm³/mol. The van der Waals surface area contributed by atoms with Gasteiger partial charge in [0.25, 0.3) is 20.1 Å². The number of nitro groups is 1.